The maximum absolute atomic E-state index is 12.3. The molecule has 7 heteroatoms. The van der Waals surface area contributed by atoms with Crippen LogP contribution in [-0.4, -0.2) is 25.5 Å². The molecule has 0 radical (unpaired) electrons. The SMILES string of the molecule is Cc1cccc(Cn2nc(C)c(NC(=O)Cn3cc(Cl)cn3)c2C)c1. The molecule has 6 nitrogen and oxygen atoms in total. The summed E-state index contributed by atoms with van der Waals surface area (Å²) in [4.78, 5) is 12.3. The van der Waals surface area contributed by atoms with Gasteiger partial charge in [0.15, 0.2) is 0 Å². The Morgan fingerprint density at radius 3 is 2.76 bits per heavy atom. The second kappa shape index (κ2) is 7.11. The van der Waals surface area contributed by atoms with Crippen molar-refractivity contribution in [1.82, 2.24) is 19.6 Å². The number of halogens is 1. The third-order valence-electron chi connectivity index (χ3n) is 3.97. The Balaban J connectivity index is 1.74. The third-order valence-corrected chi connectivity index (χ3v) is 4.16. The van der Waals surface area contributed by atoms with Crippen LogP contribution in [0, 0.1) is 20.8 Å². The highest BCUT2D eigenvalue weighted by Crippen LogP contribution is 2.21. The van der Waals surface area contributed by atoms with Gasteiger partial charge in [-0.15, -0.1) is 0 Å². The van der Waals surface area contributed by atoms with Crippen LogP contribution in [0.15, 0.2) is 36.7 Å². The first-order valence-corrected chi connectivity index (χ1v) is 8.37. The maximum atomic E-state index is 12.3. The molecule has 25 heavy (non-hydrogen) atoms. The molecule has 0 saturated heterocycles. The highest BCUT2D eigenvalue weighted by atomic mass is 35.5. The van der Waals surface area contributed by atoms with E-state index in [0.29, 0.717) is 11.6 Å². The summed E-state index contributed by atoms with van der Waals surface area (Å²) in [5.74, 6) is -0.166. The molecule has 0 aliphatic rings. The molecule has 0 fully saturated rings. The van der Waals surface area contributed by atoms with Gasteiger partial charge < -0.3 is 5.32 Å². The number of nitrogens with zero attached hydrogens (tertiary/aromatic N) is 4. The fraction of sp³-hybridized carbons (Fsp3) is 0.278. The molecular weight excluding hydrogens is 338 g/mol. The second-order valence-electron chi connectivity index (χ2n) is 6.10. The topological polar surface area (TPSA) is 64.7 Å². The summed E-state index contributed by atoms with van der Waals surface area (Å²) in [6.07, 6.45) is 3.12. The molecule has 1 N–H and O–H groups in total. The van der Waals surface area contributed by atoms with Gasteiger partial charge in [0.1, 0.15) is 6.54 Å². The predicted molar refractivity (Wildman–Crippen MR) is 97.8 cm³/mol. The monoisotopic (exact) mass is 357 g/mol. The van der Waals surface area contributed by atoms with Crippen LogP contribution in [0.5, 0.6) is 0 Å². The van der Waals surface area contributed by atoms with Crippen LogP contribution < -0.4 is 5.32 Å². The fourth-order valence-electron chi connectivity index (χ4n) is 2.77. The summed E-state index contributed by atoms with van der Waals surface area (Å²) in [7, 11) is 0. The lowest BCUT2D eigenvalue weighted by Gasteiger charge is -2.08. The molecular formula is C18H20ClN5O. The molecule has 3 aromatic rings. The van der Waals surface area contributed by atoms with Crippen molar-refractivity contribution >= 4 is 23.2 Å². The van der Waals surface area contributed by atoms with E-state index >= 15 is 0 Å². The minimum absolute atomic E-state index is 0.106. The van der Waals surface area contributed by atoms with Gasteiger partial charge in [-0.1, -0.05) is 41.4 Å². The molecule has 2 aromatic heterocycles. The Labute approximate surface area is 151 Å². The first-order chi connectivity index (χ1) is 11.9. The molecule has 0 unspecified atom stereocenters. The normalized spacial score (nSPS) is 10.9. The number of carbonyl (C=O) groups is 1. The van der Waals surface area contributed by atoms with Crippen LogP contribution in [0.4, 0.5) is 5.69 Å². The number of hydrogen-bond donors (Lipinski definition) is 1. The van der Waals surface area contributed by atoms with Gasteiger partial charge in [0, 0.05) is 6.20 Å². The van der Waals surface area contributed by atoms with Gasteiger partial charge in [0.25, 0.3) is 0 Å². The van der Waals surface area contributed by atoms with Crippen LogP contribution in [0.1, 0.15) is 22.5 Å². The predicted octanol–water partition coefficient (Wildman–Crippen LogP) is 3.35. The van der Waals surface area contributed by atoms with E-state index in [1.165, 1.54) is 22.0 Å². The van der Waals surface area contributed by atoms with Crippen molar-refractivity contribution in [3.63, 3.8) is 0 Å². The molecule has 1 amide bonds. The van der Waals surface area contributed by atoms with Crippen molar-refractivity contribution in [3.05, 3.63) is 64.2 Å². The zero-order chi connectivity index (χ0) is 18.0. The average Bonchev–Trinajstić information content (AvgIpc) is 3.06. The lowest BCUT2D eigenvalue weighted by atomic mass is 10.1. The summed E-state index contributed by atoms with van der Waals surface area (Å²) in [6, 6.07) is 8.31. The zero-order valence-corrected chi connectivity index (χ0v) is 15.2. The number of carbonyl (C=O) groups excluding carboxylic acids is 1. The van der Waals surface area contributed by atoms with Gasteiger partial charge in [-0.25, -0.2) is 0 Å². The summed E-state index contributed by atoms with van der Waals surface area (Å²) < 4.78 is 3.41. The van der Waals surface area contributed by atoms with Gasteiger partial charge >= 0.3 is 0 Å². The maximum Gasteiger partial charge on any atom is 0.246 e. The van der Waals surface area contributed by atoms with Crippen LogP contribution in [0.3, 0.4) is 0 Å². The molecule has 3 rings (SSSR count). The van der Waals surface area contributed by atoms with Crippen molar-refractivity contribution in [2.24, 2.45) is 0 Å². The van der Waals surface area contributed by atoms with Crippen LogP contribution in [-0.2, 0) is 17.9 Å². The van der Waals surface area contributed by atoms with Crippen molar-refractivity contribution in [2.45, 2.75) is 33.9 Å². The van der Waals surface area contributed by atoms with E-state index in [4.69, 9.17) is 11.6 Å². The number of amides is 1. The largest absolute Gasteiger partial charge is 0.321 e. The Bertz CT molecular complexity index is 912. The van der Waals surface area contributed by atoms with Crippen LogP contribution in [0.2, 0.25) is 5.02 Å². The first-order valence-electron chi connectivity index (χ1n) is 7.99. The molecule has 0 aliphatic carbocycles. The van der Waals surface area contributed by atoms with Gasteiger partial charge in [-0.3, -0.25) is 14.2 Å². The fourth-order valence-corrected chi connectivity index (χ4v) is 2.92. The summed E-state index contributed by atoms with van der Waals surface area (Å²) >= 11 is 5.82. The van der Waals surface area contributed by atoms with E-state index in [1.54, 1.807) is 6.20 Å². The zero-order valence-electron chi connectivity index (χ0n) is 14.5. The molecule has 0 spiro atoms. The number of rotatable bonds is 5. The minimum Gasteiger partial charge on any atom is -0.321 e. The van der Waals surface area contributed by atoms with Crippen molar-refractivity contribution in [1.29, 1.82) is 0 Å². The van der Waals surface area contributed by atoms with Crippen molar-refractivity contribution in [2.75, 3.05) is 5.32 Å². The van der Waals surface area contributed by atoms with Crippen LogP contribution >= 0.6 is 11.6 Å². The highest BCUT2D eigenvalue weighted by molar-refractivity contribution is 6.30. The van der Waals surface area contributed by atoms with Gasteiger partial charge in [-0.2, -0.15) is 10.2 Å². The molecule has 1 aromatic carbocycles. The van der Waals surface area contributed by atoms with Crippen molar-refractivity contribution in [3.8, 4) is 0 Å². The molecule has 0 bridgehead atoms. The molecule has 0 aliphatic heterocycles. The van der Waals surface area contributed by atoms with E-state index in [1.807, 2.05) is 24.6 Å². The van der Waals surface area contributed by atoms with Gasteiger partial charge in [0.2, 0.25) is 5.91 Å². The molecule has 2 heterocycles. The number of anilines is 1. The molecule has 130 valence electrons. The van der Waals surface area contributed by atoms with Crippen LogP contribution in [0.25, 0.3) is 0 Å². The Morgan fingerprint density at radius 2 is 2.08 bits per heavy atom. The molecule has 0 atom stereocenters. The van der Waals surface area contributed by atoms with E-state index in [-0.39, 0.29) is 12.5 Å². The standard InChI is InChI=1S/C18H20ClN5O/c1-12-5-4-6-15(7-12)9-24-14(3)18(13(2)22-24)21-17(25)11-23-10-16(19)8-20-23/h4-8,10H,9,11H2,1-3H3,(H,21,25). The first kappa shape index (κ1) is 17.2. The summed E-state index contributed by atoms with van der Waals surface area (Å²) in [6.45, 7) is 6.68. The summed E-state index contributed by atoms with van der Waals surface area (Å²) in [5, 5.41) is 12.0. The lowest BCUT2D eigenvalue weighted by molar-refractivity contribution is -0.116. The number of aromatic nitrogens is 4. The Morgan fingerprint density at radius 1 is 1.28 bits per heavy atom. The quantitative estimate of drug-likeness (QED) is 0.761. The van der Waals surface area contributed by atoms with Gasteiger partial charge in [-0.05, 0) is 26.3 Å². The van der Waals surface area contributed by atoms with Gasteiger partial charge in [0.05, 0.1) is 34.8 Å². The van der Waals surface area contributed by atoms with E-state index < -0.39 is 0 Å². The average molecular weight is 358 g/mol. The second-order valence-corrected chi connectivity index (χ2v) is 6.53. The number of hydrogen-bond acceptors (Lipinski definition) is 3. The Hall–Kier alpha value is -2.60. The summed E-state index contributed by atoms with van der Waals surface area (Å²) in [5.41, 5.74) is 4.85. The smallest absolute Gasteiger partial charge is 0.246 e. The third kappa shape index (κ3) is 4.09. The van der Waals surface area contributed by atoms with Crippen molar-refractivity contribution < 1.29 is 4.79 Å². The van der Waals surface area contributed by atoms with E-state index in [9.17, 15) is 4.79 Å². The number of aryl methyl sites for hydroxylation is 2. The van der Waals surface area contributed by atoms with E-state index in [0.717, 1.165) is 17.1 Å². The highest BCUT2D eigenvalue weighted by Gasteiger charge is 2.15. The number of nitrogens with one attached hydrogen (secondary N) is 1. The Kier molecular flexibility index (Phi) is 4.90. The minimum atomic E-state index is -0.166. The lowest BCUT2D eigenvalue weighted by Crippen LogP contribution is -2.19. The molecule has 0 saturated carbocycles. The van der Waals surface area contributed by atoms with E-state index in [2.05, 4.69) is 40.6 Å². The number of benzene rings is 1.